The van der Waals surface area contributed by atoms with Crippen LogP contribution in [0.4, 0.5) is 8.78 Å². The van der Waals surface area contributed by atoms with Gasteiger partial charge in [0.2, 0.25) is 5.92 Å². The molecule has 3 aromatic rings. The summed E-state index contributed by atoms with van der Waals surface area (Å²) in [5, 5.41) is 1.04. The van der Waals surface area contributed by atoms with E-state index >= 15 is 0 Å². The van der Waals surface area contributed by atoms with Crippen molar-refractivity contribution in [2.24, 2.45) is 0 Å². The van der Waals surface area contributed by atoms with Gasteiger partial charge >= 0.3 is 0 Å². The maximum Gasteiger partial charge on any atom is 0.248 e. The Labute approximate surface area is 140 Å². The molecule has 0 saturated heterocycles. The number of nitrogens with one attached hydrogen (secondary N) is 1. The second kappa shape index (κ2) is 5.37. The van der Waals surface area contributed by atoms with E-state index in [4.69, 9.17) is 0 Å². The third-order valence-corrected chi connectivity index (χ3v) is 4.81. The van der Waals surface area contributed by atoms with Crippen LogP contribution in [0.3, 0.4) is 0 Å². The van der Waals surface area contributed by atoms with E-state index in [0.29, 0.717) is 12.2 Å². The third kappa shape index (κ3) is 2.87. The minimum Gasteiger partial charge on any atom is -0.340 e. The molecular weight excluding hydrogens is 364 g/mol. The molecule has 6 heteroatoms. The number of rotatable bonds is 2. The molecule has 0 bridgehead atoms. The van der Waals surface area contributed by atoms with Gasteiger partial charge in [0, 0.05) is 28.6 Å². The van der Waals surface area contributed by atoms with Gasteiger partial charge in [0.15, 0.2) is 0 Å². The highest BCUT2D eigenvalue weighted by Gasteiger charge is 2.41. The van der Waals surface area contributed by atoms with Gasteiger partial charge in [-0.3, -0.25) is 0 Å². The topological polar surface area (TPSA) is 41.6 Å². The number of alkyl halides is 2. The maximum absolute atomic E-state index is 13.4. The van der Waals surface area contributed by atoms with Crippen LogP contribution in [-0.2, 0) is 0 Å². The Kier molecular flexibility index (Phi) is 3.44. The summed E-state index contributed by atoms with van der Waals surface area (Å²) in [4.78, 5) is 12.1. The average molecular weight is 378 g/mol. The van der Waals surface area contributed by atoms with E-state index in [2.05, 4.69) is 30.9 Å². The molecule has 0 spiro atoms. The minimum atomic E-state index is -2.56. The standard InChI is InChI=1S/C17H14BrF2N3/c18-12-2-4-13-10(7-12)1-3-14(22-13)15-9-21-16(23-15)11-5-6-17(19,20)8-11/h1-4,7,9,11H,5-6,8H2,(H,21,23). The van der Waals surface area contributed by atoms with E-state index in [9.17, 15) is 8.78 Å². The molecule has 118 valence electrons. The predicted octanol–water partition coefficient (Wildman–Crippen LogP) is 5.29. The zero-order valence-electron chi connectivity index (χ0n) is 12.2. The van der Waals surface area contributed by atoms with Crippen molar-refractivity contribution >= 4 is 26.8 Å². The molecule has 0 amide bonds. The monoisotopic (exact) mass is 377 g/mol. The van der Waals surface area contributed by atoms with Gasteiger partial charge in [-0.25, -0.2) is 18.7 Å². The molecule has 1 aliphatic rings. The number of halogens is 3. The van der Waals surface area contributed by atoms with E-state index < -0.39 is 5.92 Å². The van der Waals surface area contributed by atoms with Crippen molar-refractivity contribution in [2.45, 2.75) is 31.1 Å². The Balaban J connectivity index is 1.65. The summed E-state index contributed by atoms with van der Waals surface area (Å²) in [6.07, 6.45) is 1.97. The normalized spacial score (nSPS) is 20.2. The first-order chi connectivity index (χ1) is 11.0. The molecule has 1 aliphatic carbocycles. The fourth-order valence-electron chi connectivity index (χ4n) is 3.10. The van der Waals surface area contributed by atoms with Gasteiger partial charge in [0.1, 0.15) is 5.82 Å². The van der Waals surface area contributed by atoms with Crippen molar-refractivity contribution in [2.75, 3.05) is 0 Å². The van der Waals surface area contributed by atoms with Crippen LogP contribution in [0.25, 0.3) is 22.3 Å². The van der Waals surface area contributed by atoms with Crippen LogP contribution in [0.2, 0.25) is 0 Å². The van der Waals surface area contributed by atoms with Crippen molar-refractivity contribution in [3.05, 3.63) is 46.8 Å². The van der Waals surface area contributed by atoms with Crippen molar-refractivity contribution in [1.29, 1.82) is 0 Å². The Morgan fingerprint density at radius 3 is 2.87 bits per heavy atom. The number of benzene rings is 1. The average Bonchev–Trinajstić information content (AvgIpc) is 3.13. The lowest BCUT2D eigenvalue weighted by molar-refractivity contribution is 0.00756. The molecule has 0 aliphatic heterocycles. The summed E-state index contributed by atoms with van der Waals surface area (Å²) in [6, 6.07) is 9.79. The summed E-state index contributed by atoms with van der Waals surface area (Å²) in [6.45, 7) is 0. The quantitative estimate of drug-likeness (QED) is 0.658. The Morgan fingerprint density at radius 1 is 1.22 bits per heavy atom. The van der Waals surface area contributed by atoms with Crippen LogP contribution in [0.15, 0.2) is 41.0 Å². The zero-order valence-corrected chi connectivity index (χ0v) is 13.8. The van der Waals surface area contributed by atoms with Crippen LogP contribution >= 0.6 is 15.9 Å². The zero-order chi connectivity index (χ0) is 16.0. The van der Waals surface area contributed by atoms with Gasteiger partial charge in [-0.05, 0) is 30.7 Å². The molecule has 1 atom stereocenters. The van der Waals surface area contributed by atoms with Gasteiger partial charge in [-0.2, -0.15) is 0 Å². The molecule has 1 aromatic carbocycles. The number of imidazole rings is 1. The lowest BCUT2D eigenvalue weighted by Gasteiger charge is -2.07. The van der Waals surface area contributed by atoms with Crippen molar-refractivity contribution in [1.82, 2.24) is 15.0 Å². The van der Waals surface area contributed by atoms with Crippen molar-refractivity contribution < 1.29 is 8.78 Å². The van der Waals surface area contributed by atoms with Gasteiger partial charge in [0.05, 0.1) is 23.1 Å². The molecule has 1 fully saturated rings. The lowest BCUT2D eigenvalue weighted by Crippen LogP contribution is -2.09. The van der Waals surface area contributed by atoms with Crippen LogP contribution in [0.1, 0.15) is 31.0 Å². The molecule has 1 saturated carbocycles. The molecule has 2 aromatic heterocycles. The largest absolute Gasteiger partial charge is 0.340 e. The molecule has 3 nitrogen and oxygen atoms in total. The molecular formula is C17H14BrF2N3. The van der Waals surface area contributed by atoms with Gasteiger partial charge in [0.25, 0.3) is 0 Å². The van der Waals surface area contributed by atoms with E-state index in [-0.39, 0.29) is 18.8 Å². The Bertz CT molecular complexity index is 875. The second-order valence-corrected chi connectivity index (χ2v) is 6.93. The number of pyridine rings is 1. The summed E-state index contributed by atoms with van der Waals surface area (Å²) in [7, 11) is 0. The predicted molar refractivity (Wildman–Crippen MR) is 88.6 cm³/mol. The number of nitrogens with zero attached hydrogens (tertiary/aromatic N) is 2. The van der Waals surface area contributed by atoms with Crippen LogP contribution in [0.5, 0.6) is 0 Å². The third-order valence-electron chi connectivity index (χ3n) is 4.31. The smallest absolute Gasteiger partial charge is 0.248 e. The summed E-state index contributed by atoms with van der Waals surface area (Å²) in [5.74, 6) is -2.13. The van der Waals surface area contributed by atoms with Gasteiger partial charge < -0.3 is 4.98 Å². The number of aromatic nitrogens is 3. The van der Waals surface area contributed by atoms with Crippen molar-refractivity contribution in [3.63, 3.8) is 0 Å². The number of hydrogen-bond donors (Lipinski definition) is 1. The molecule has 1 N–H and O–H groups in total. The number of hydrogen-bond acceptors (Lipinski definition) is 2. The van der Waals surface area contributed by atoms with Crippen LogP contribution in [0, 0.1) is 0 Å². The Hall–Kier alpha value is -1.82. The van der Waals surface area contributed by atoms with E-state index in [1.165, 1.54) is 0 Å². The highest BCUT2D eigenvalue weighted by molar-refractivity contribution is 9.10. The number of H-pyrrole nitrogens is 1. The van der Waals surface area contributed by atoms with E-state index in [1.807, 2.05) is 30.3 Å². The van der Waals surface area contributed by atoms with Crippen LogP contribution in [-0.4, -0.2) is 20.9 Å². The highest BCUT2D eigenvalue weighted by atomic mass is 79.9. The van der Waals surface area contributed by atoms with Gasteiger partial charge in [-0.1, -0.05) is 22.0 Å². The maximum atomic E-state index is 13.4. The SMILES string of the molecule is FC1(F)CCC(c2ncc(-c3ccc4cc(Br)ccc4n3)[nH]2)C1. The minimum absolute atomic E-state index is 0.0587. The molecule has 2 heterocycles. The lowest BCUT2D eigenvalue weighted by atomic mass is 10.1. The van der Waals surface area contributed by atoms with E-state index in [1.54, 1.807) is 6.20 Å². The second-order valence-electron chi connectivity index (χ2n) is 6.01. The number of aromatic amines is 1. The number of fused-ring (bicyclic) bond motifs is 1. The molecule has 4 rings (SSSR count). The fourth-order valence-corrected chi connectivity index (χ4v) is 3.48. The molecule has 0 radical (unpaired) electrons. The molecule has 23 heavy (non-hydrogen) atoms. The van der Waals surface area contributed by atoms with Crippen molar-refractivity contribution in [3.8, 4) is 11.4 Å². The van der Waals surface area contributed by atoms with E-state index in [0.717, 1.165) is 26.8 Å². The summed E-state index contributed by atoms with van der Waals surface area (Å²) >= 11 is 3.44. The first kappa shape index (κ1) is 14.8. The van der Waals surface area contributed by atoms with Crippen LogP contribution < -0.4 is 0 Å². The van der Waals surface area contributed by atoms with Gasteiger partial charge in [-0.15, -0.1) is 0 Å². The Morgan fingerprint density at radius 2 is 2.09 bits per heavy atom. The summed E-state index contributed by atoms with van der Waals surface area (Å²) < 4.78 is 27.7. The fraction of sp³-hybridized carbons (Fsp3) is 0.294. The first-order valence-corrected chi connectivity index (χ1v) is 8.29. The first-order valence-electron chi connectivity index (χ1n) is 7.50. The summed E-state index contributed by atoms with van der Waals surface area (Å²) in [5.41, 5.74) is 2.41. The molecule has 1 unspecified atom stereocenters. The highest BCUT2D eigenvalue weighted by Crippen LogP contribution is 2.43.